The minimum Gasteiger partial charge on any atom is -0.508 e. The first-order valence-electron chi connectivity index (χ1n) is 31.2. The van der Waals surface area contributed by atoms with Gasteiger partial charge in [-0.15, -0.1) is 0 Å². The normalized spacial score (nSPS) is 16.1. The molecule has 1 aromatic heterocycles. The summed E-state index contributed by atoms with van der Waals surface area (Å²) in [7, 11) is 0. The average molecular weight is 1330 g/mol. The highest BCUT2D eigenvalue weighted by Crippen LogP contribution is 2.50. The number of nitrogens with two attached hydrogens (primary N) is 2. The molecule has 25 nitrogen and oxygen atoms in total. The Kier molecular flexibility index (Phi) is 24.9. The Morgan fingerprint density at radius 2 is 1.16 bits per heavy atom. The number of amides is 9. The highest BCUT2D eigenvalue weighted by atomic mass is 32.1. The van der Waals surface area contributed by atoms with E-state index < -0.39 is 108 Å². The van der Waals surface area contributed by atoms with Crippen molar-refractivity contribution in [3.05, 3.63) is 149 Å². The number of rotatable bonds is 32. The maximum absolute atomic E-state index is 15.0. The number of nitrogens with one attached hydrogen (secondary N) is 9. The van der Waals surface area contributed by atoms with Crippen molar-refractivity contribution in [3.63, 3.8) is 0 Å². The highest BCUT2D eigenvalue weighted by molar-refractivity contribution is 7.80. The molecule has 6 aromatic rings. The standard InChI is InChI=1S/C67H82N12O13S2/c1-3-45(61(86)76-52(35-94)67(92)78-58(36(2)80)60(69)85)72-62(87)47(18-9-10-26-68)73-65(90)50(30-41-32-70-46-17-8-7-15-43(41)46)75-64(89)49(29-38-19-22-42(81)23-20-38)74-66(91)51(34-93)77-63(88)48(28-37-12-5-4-6-13-37)71-55(83)33-79-27-25-39-14-11-16-44-56(39)53(79)31-40-21-24-54(82)59(84)57(40)44/h4-8,11-17,19-24,32,36,45,47-53,58,70,80-82,84,93-94H,3,9-10,18,25-31,33-35,68H2,1-2H3,(H2,69,85)(H,71,83)(H,72,87)(H,73,90)(H,74,91)(H,75,89)(H,76,86)(H,77,88)(H,78,92)/t36-,45+,47+,48-,49+,50-,51+,52+,53?,58+/m1/s1. The van der Waals surface area contributed by atoms with Crippen LogP contribution >= 0.6 is 25.3 Å². The van der Waals surface area contributed by atoms with E-state index in [-0.39, 0.29) is 80.0 Å². The van der Waals surface area contributed by atoms with Crippen LogP contribution in [-0.4, -0.2) is 169 Å². The van der Waals surface area contributed by atoms with Gasteiger partial charge in [0.2, 0.25) is 53.2 Å². The Labute approximate surface area is 554 Å². The van der Waals surface area contributed by atoms with E-state index in [0.29, 0.717) is 59.9 Å². The van der Waals surface area contributed by atoms with Crippen LogP contribution in [-0.2, 0) is 75.3 Å². The predicted molar refractivity (Wildman–Crippen MR) is 358 cm³/mol. The van der Waals surface area contributed by atoms with Crippen LogP contribution in [0.5, 0.6) is 17.2 Å². The largest absolute Gasteiger partial charge is 0.508 e. The fraction of sp³-hybridized carbons (Fsp3) is 0.388. The van der Waals surface area contributed by atoms with E-state index in [1.165, 1.54) is 37.3 Å². The van der Waals surface area contributed by atoms with E-state index in [2.05, 4.69) is 72.8 Å². The van der Waals surface area contributed by atoms with Crippen LogP contribution in [0.1, 0.15) is 79.0 Å². The molecule has 0 saturated carbocycles. The van der Waals surface area contributed by atoms with E-state index in [4.69, 9.17) is 11.5 Å². The first kappa shape index (κ1) is 70.7. The lowest BCUT2D eigenvalue weighted by atomic mass is 9.76. The molecule has 0 radical (unpaired) electrons. The maximum atomic E-state index is 15.0. The number of benzene rings is 5. The van der Waals surface area contributed by atoms with E-state index in [9.17, 15) is 58.8 Å². The first-order valence-corrected chi connectivity index (χ1v) is 32.5. The smallest absolute Gasteiger partial charge is 0.244 e. The summed E-state index contributed by atoms with van der Waals surface area (Å²) >= 11 is 8.65. The molecule has 1 aliphatic heterocycles. The summed E-state index contributed by atoms with van der Waals surface area (Å²) < 4.78 is 0. The molecule has 0 fully saturated rings. The molecule has 27 heteroatoms. The van der Waals surface area contributed by atoms with Gasteiger partial charge in [0, 0.05) is 66.0 Å². The number of thiol groups is 2. The number of hydrogen-bond acceptors (Lipinski definition) is 17. The summed E-state index contributed by atoms with van der Waals surface area (Å²) in [4.78, 5) is 132. The zero-order valence-electron chi connectivity index (χ0n) is 52.1. The number of aromatic hydroxyl groups is 3. The third kappa shape index (κ3) is 17.9. The lowest BCUT2D eigenvalue weighted by Crippen LogP contribution is -2.61. The van der Waals surface area contributed by atoms with Crippen molar-refractivity contribution < 1.29 is 63.6 Å². The zero-order valence-corrected chi connectivity index (χ0v) is 53.9. The van der Waals surface area contributed by atoms with E-state index in [1.54, 1.807) is 55.6 Å². The van der Waals surface area contributed by atoms with Crippen LogP contribution in [0, 0.1) is 0 Å². The molecule has 94 heavy (non-hydrogen) atoms. The van der Waals surface area contributed by atoms with Crippen molar-refractivity contribution in [1.82, 2.24) is 52.4 Å². The summed E-state index contributed by atoms with van der Waals surface area (Å²) in [5.74, 6) is -8.34. The third-order valence-electron chi connectivity index (χ3n) is 16.9. The number of phenolic OH excluding ortho intramolecular Hbond substituents is 3. The van der Waals surface area contributed by atoms with Crippen LogP contribution in [0.15, 0.2) is 115 Å². The number of nitrogens with zero attached hydrogens (tertiary/aromatic N) is 1. The fourth-order valence-corrected chi connectivity index (χ4v) is 12.4. The minimum absolute atomic E-state index is 0.00482. The Balaban J connectivity index is 1.01. The fourth-order valence-electron chi connectivity index (χ4n) is 11.9. The number of H-pyrrole nitrogens is 1. The molecular formula is C67H82N12O13S2. The zero-order chi connectivity index (χ0) is 67.8. The molecule has 10 atom stereocenters. The second-order valence-electron chi connectivity index (χ2n) is 23.6. The molecular weight excluding hydrogens is 1240 g/mol. The number of fused-ring (bicyclic) bond motifs is 3. The number of carbonyl (C=O) groups is 9. The molecule has 0 bridgehead atoms. The molecule has 1 aliphatic carbocycles. The monoisotopic (exact) mass is 1330 g/mol. The van der Waals surface area contributed by atoms with Gasteiger partial charge in [-0.05, 0) is 115 Å². The SMILES string of the molecule is CC[C@H](NC(=O)[C@H](CCCCN)NC(=O)[C@@H](Cc1c[nH]c2ccccc12)NC(=O)[C@H](Cc1ccc(O)cc1)NC(=O)[C@H](CS)NC(=O)[C@@H](Cc1ccccc1)NC(=O)CN1CCc2cccc3c2C1Cc1ccc(O)c(O)c1-3)C(=O)N[C@@H](CS)C(=O)N[C@H](C(N)=O)[C@@H](C)O. The number of aromatic nitrogens is 1. The molecule has 8 rings (SSSR count). The lowest BCUT2D eigenvalue weighted by molar-refractivity contribution is -0.136. The van der Waals surface area contributed by atoms with Gasteiger partial charge in [0.25, 0.3) is 0 Å². The molecule has 9 amide bonds. The topological polar surface area (TPSA) is 402 Å². The number of para-hydroxylation sites is 1. The van der Waals surface area contributed by atoms with Crippen LogP contribution in [0.2, 0.25) is 0 Å². The number of hydrogen-bond donors (Lipinski definition) is 17. The van der Waals surface area contributed by atoms with Crippen molar-refractivity contribution >= 4 is 89.3 Å². The highest BCUT2D eigenvalue weighted by Gasteiger charge is 2.39. The third-order valence-corrected chi connectivity index (χ3v) is 17.7. The Bertz CT molecular complexity index is 3710. The summed E-state index contributed by atoms with van der Waals surface area (Å²) in [6.45, 7) is 3.48. The number of unbranched alkanes of at least 4 members (excludes halogenated alkanes) is 1. The lowest BCUT2D eigenvalue weighted by Gasteiger charge is -2.41. The second kappa shape index (κ2) is 33.1. The van der Waals surface area contributed by atoms with Crippen LogP contribution in [0.4, 0.5) is 0 Å². The summed E-state index contributed by atoms with van der Waals surface area (Å²) in [6.07, 6.45) is 1.80. The summed E-state index contributed by atoms with van der Waals surface area (Å²) in [5, 5.41) is 63.8. The minimum atomic E-state index is -1.48. The van der Waals surface area contributed by atoms with Crippen molar-refractivity contribution in [3.8, 4) is 28.4 Å². The molecule has 2 aliphatic rings. The molecule has 0 saturated heterocycles. The number of carbonyl (C=O) groups excluding carboxylic acids is 9. The Morgan fingerprint density at radius 1 is 0.606 bits per heavy atom. The van der Waals surface area contributed by atoms with Gasteiger partial charge in [-0.25, -0.2) is 0 Å². The van der Waals surface area contributed by atoms with Crippen LogP contribution in [0.3, 0.4) is 0 Å². The van der Waals surface area contributed by atoms with E-state index in [1.807, 2.05) is 41.3 Å². The molecule has 500 valence electrons. The van der Waals surface area contributed by atoms with E-state index >= 15 is 4.79 Å². The molecule has 0 spiro atoms. The number of primary amides is 1. The van der Waals surface area contributed by atoms with Gasteiger partial charge in [-0.1, -0.05) is 91.9 Å². The molecule has 5 aromatic carbocycles. The van der Waals surface area contributed by atoms with Gasteiger partial charge in [0.05, 0.1) is 12.6 Å². The first-order chi connectivity index (χ1) is 45.1. The predicted octanol–water partition coefficient (Wildman–Crippen LogP) is 1.28. The molecule has 17 N–H and O–H groups in total. The van der Waals surface area contributed by atoms with E-state index in [0.717, 1.165) is 27.8 Å². The number of phenols is 3. The Morgan fingerprint density at radius 3 is 1.79 bits per heavy atom. The number of aromatic amines is 1. The van der Waals surface area contributed by atoms with Gasteiger partial charge < -0.3 is 79.4 Å². The quantitative estimate of drug-likeness (QED) is 0.0161. The van der Waals surface area contributed by atoms with Crippen LogP contribution < -0.4 is 54.0 Å². The summed E-state index contributed by atoms with van der Waals surface area (Å²) in [6, 6.07) is 19.8. The van der Waals surface area contributed by atoms with Crippen molar-refractivity contribution in [2.24, 2.45) is 11.5 Å². The maximum Gasteiger partial charge on any atom is 0.244 e. The van der Waals surface area contributed by atoms with Gasteiger partial charge in [0.15, 0.2) is 11.5 Å². The molecule has 2 heterocycles. The average Bonchev–Trinajstić information content (AvgIpc) is 0.850. The Hall–Kier alpha value is -9.15. The van der Waals surface area contributed by atoms with Crippen molar-refractivity contribution in [2.45, 2.75) is 132 Å². The summed E-state index contributed by atoms with van der Waals surface area (Å²) in [5.41, 5.74) is 17.8. The van der Waals surface area contributed by atoms with Crippen molar-refractivity contribution in [2.75, 3.05) is 31.1 Å². The molecule has 1 unspecified atom stereocenters. The van der Waals surface area contributed by atoms with Gasteiger partial charge in [0.1, 0.15) is 54.1 Å². The van der Waals surface area contributed by atoms with Crippen molar-refractivity contribution in [1.29, 1.82) is 0 Å². The number of aliphatic hydroxyl groups is 1. The second-order valence-corrected chi connectivity index (χ2v) is 24.3. The van der Waals surface area contributed by atoms with Gasteiger partial charge >= 0.3 is 0 Å². The van der Waals surface area contributed by atoms with Crippen LogP contribution in [0.25, 0.3) is 22.0 Å². The van der Waals surface area contributed by atoms with Gasteiger partial charge in [-0.2, -0.15) is 25.3 Å². The van der Waals surface area contributed by atoms with Gasteiger partial charge in [-0.3, -0.25) is 48.1 Å². The number of aliphatic hydroxyl groups excluding tert-OH is 1.